The van der Waals surface area contributed by atoms with E-state index >= 15 is 0 Å². The van der Waals surface area contributed by atoms with Crippen LogP contribution in [0.5, 0.6) is 0 Å². The third-order valence-corrected chi connectivity index (χ3v) is 6.46. The van der Waals surface area contributed by atoms with Crippen molar-refractivity contribution in [3.05, 3.63) is 35.4 Å². The monoisotopic (exact) mass is 300 g/mol. The first-order chi connectivity index (χ1) is 10.2. The summed E-state index contributed by atoms with van der Waals surface area (Å²) < 4.78 is 0. The molecule has 0 radical (unpaired) electrons. The minimum absolute atomic E-state index is 0.354. The number of nitrogens with zero attached hydrogens (tertiary/aromatic N) is 1. The number of rotatable bonds is 1. The lowest BCUT2D eigenvalue weighted by atomic mass is 9.78. The summed E-state index contributed by atoms with van der Waals surface area (Å²) in [6.07, 6.45) is 7.66. The Labute approximate surface area is 131 Å². The van der Waals surface area contributed by atoms with Crippen molar-refractivity contribution in [2.45, 2.75) is 57.0 Å². The smallest absolute Gasteiger partial charge is 0.157 e. The van der Waals surface area contributed by atoms with Crippen molar-refractivity contribution in [2.24, 2.45) is 10.9 Å². The molecule has 0 amide bonds. The fourth-order valence-electron chi connectivity index (χ4n) is 4.27. The first-order valence-corrected chi connectivity index (χ1v) is 9.27. The lowest BCUT2D eigenvalue weighted by Crippen LogP contribution is -2.47. The lowest BCUT2D eigenvalue weighted by molar-refractivity contribution is 0.242. The summed E-state index contributed by atoms with van der Waals surface area (Å²) in [5.74, 6) is 2.08. The van der Waals surface area contributed by atoms with Gasteiger partial charge in [0.15, 0.2) is 5.17 Å². The molecule has 1 saturated carbocycles. The van der Waals surface area contributed by atoms with Gasteiger partial charge >= 0.3 is 0 Å². The normalized spacial score (nSPS) is 34.3. The van der Waals surface area contributed by atoms with E-state index in [-0.39, 0.29) is 0 Å². The molecule has 2 aliphatic carbocycles. The molecule has 1 aromatic carbocycles. The van der Waals surface area contributed by atoms with E-state index in [9.17, 15) is 0 Å². The van der Waals surface area contributed by atoms with E-state index in [0.717, 1.165) is 18.8 Å². The molecule has 2 nitrogen and oxygen atoms in total. The van der Waals surface area contributed by atoms with E-state index in [2.05, 4.69) is 36.5 Å². The number of hydrogen-bond acceptors (Lipinski definition) is 2. The van der Waals surface area contributed by atoms with Crippen LogP contribution in [0.3, 0.4) is 0 Å². The van der Waals surface area contributed by atoms with Gasteiger partial charge in [0.1, 0.15) is 0 Å². The Morgan fingerprint density at radius 1 is 1.24 bits per heavy atom. The molecule has 21 heavy (non-hydrogen) atoms. The third-order valence-electron chi connectivity index (χ3n) is 5.28. The van der Waals surface area contributed by atoms with Crippen molar-refractivity contribution in [2.75, 3.05) is 5.75 Å². The summed E-state index contributed by atoms with van der Waals surface area (Å²) in [6.45, 7) is 2.40. The van der Waals surface area contributed by atoms with E-state index < -0.39 is 0 Å². The van der Waals surface area contributed by atoms with Gasteiger partial charge in [0.05, 0.1) is 6.04 Å². The van der Waals surface area contributed by atoms with Gasteiger partial charge in [-0.1, -0.05) is 55.8 Å². The second-order valence-corrected chi connectivity index (χ2v) is 8.12. The fourth-order valence-corrected chi connectivity index (χ4v) is 5.53. The first-order valence-electron chi connectivity index (χ1n) is 8.28. The van der Waals surface area contributed by atoms with Crippen LogP contribution in [-0.4, -0.2) is 22.5 Å². The number of nitrogens with one attached hydrogen (secondary N) is 1. The summed E-state index contributed by atoms with van der Waals surface area (Å²) in [5.41, 5.74) is 3.35. The number of thioether (sulfide) groups is 1. The number of benzene rings is 1. The van der Waals surface area contributed by atoms with Crippen molar-refractivity contribution in [1.29, 1.82) is 0 Å². The quantitative estimate of drug-likeness (QED) is 0.853. The molecule has 3 heteroatoms. The topological polar surface area (TPSA) is 24.4 Å². The minimum Gasteiger partial charge on any atom is -0.359 e. The van der Waals surface area contributed by atoms with Crippen molar-refractivity contribution >= 4 is 16.9 Å². The fraction of sp³-hybridized carbons (Fsp3) is 0.611. The number of aliphatic imine (C=N–C) groups is 1. The molecule has 112 valence electrons. The summed E-state index contributed by atoms with van der Waals surface area (Å²) >= 11 is 1.95. The Hall–Kier alpha value is -0.960. The van der Waals surface area contributed by atoms with Crippen LogP contribution in [0.4, 0.5) is 0 Å². The molecule has 2 atom stereocenters. The van der Waals surface area contributed by atoms with E-state index in [4.69, 9.17) is 4.99 Å². The van der Waals surface area contributed by atoms with Gasteiger partial charge in [-0.3, -0.25) is 4.99 Å². The molecule has 0 aromatic heterocycles. The van der Waals surface area contributed by atoms with E-state index in [1.807, 2.05) is 11.8 Å². The second kappa shape index (κ2) is 5.35. The molecule has 2 fully saturated rings. The second-order valence-electron chi connectivity index (χ2n) is 7.16. The zero-order valence-electron chi connectivity index (χ0n) is 12.8. The van der Waals surface area contributed by atoms with Gasteiger partial charge in [-0.25, -0.2) is 0 Å². The Bertz CT molecular complexity index is 543. The van der Waals surface area contributed by atoms with Crippen molar-refractivity contribution < 1.29 is 0 Å². The Kier molecular flexibility index (Phi) is 3.49. The van der Waals surface area contributed by atoms with E-state index in [0.29, 0.717) is 11.6 Å². The van der Waals surface area contributed by atoms with E-state index in [1.54, 1.807) is 0 Å². The molecule has 0 bridgehead atoms. The highest BCUT2D eigenvalue weighted by Gasteiger charge is 2.40. The predicted octanol–water partition coefficient (Wildman–Crippen LogP) is 3.80. The molecule has 1 aromatic rings. The zero-order chi connectivity index (χ0) is 14.3. The molecule has 1 heterocycles. The Morgan fingerprint density at radius 2 is 2.00 bits per heavy atom. The number of fused-ring (bicyclic) bond motifs is 1. The summed E-state index contributed by atoms with van der Waals surface area (Å²) in [6, 6.07) is 9.27. The third kappa shape index (κ3) is 2.73. The Balaban J connectivity index is 1.44. The van der Waals surface area contributed by atoms with Crippen molar-refractivity contribution in [3.8, 4) is 0 Å². The van der Waals surface area contributed by atoms with Gasteiger partial charge in [-0.15, -0.1) is 0 Å². The standard InChI is InChI=1S/C18H24N2S/c1-13-5-4-8-18(11-13)12-21-17(20-18)19-16-9-14-6-2-3-7-15(14)10-16/h2-3,6-7,13,16H,4-5,8-12H2,1H3,(H,19,20). The molecule has 1 N–H and O–H groups in total. The largest absolute Gasteiger partial charge is 0.359 e. The minimum atomic E-state index is 0.354. The van der Waals surface area contributed by atoms with Crippen molar-refractivity contribution in [1.82, 2.24) is 5.32 Å². The highest BCUT2D eigenvalue weighted by atomic mass is 32.2. The average Bonchev–Trinajstić information content (AvgIpc) is 3.03. The highest BCUT2D eigenvalue weighted by Crippen LogP contribution is 2.39. The molecular weight excluding hydrogens is 276 g/mol. The van der Waals surface area contributed by atoms with Crippen LogP contribution in [0, 0.1) is 5.92 Å². The van der Waals surface area contributed by atoms with Crippen molar-refractivity contribution in [3.63, 3.8) is 0 Å². The van der Waals surface area contributed by atoms with Crippen LogP contribution in [0.1, 0.15) is 43.7 Å². The molecule has 1 spiro atoms. The maximum atomic E-state index is 5.03. The Morgan fingerprint density at radius 3 is 2.71 bits per heavy atom. The summed E-state index contributed by atoms with van der Waals surface area (Å²) in [7, 11) is 0. The molecule has 2 unspecified atom stereocenters. The average molecular weight is 300 g/mol. The molecule has 1 saturated heterocycles. The maximum absolute atomic E-state index is 5.03. The maximum Gasteiger partial charge on any atom is 0.157 e. The van der Waals surface area contributed by atoms with Crippen LogP contribution in [0.25, 0.3) is 0 Å². The molecular formula is C18H24N2S. The number of amidine groups is 1. The first kappa shape index (κ1) is 13.7. The van der Waals surface area contributed by atoms with Gasteiger partial charge in [-0.2, -0.15) is 0 Å². The highest BCUT2D eigenvalue weighted by molar-refractivity contribution is 8.14. The molecule has 4 rings (SSSR count). The zero-order valence-corrected chi connectivity index (χ0v) is 13.6. The number of hydrogen-bond donors (Lipinski definition) is 1. The van der Waals surface area contributed by atoms with Crippen LogP contribution in [0.2, 0.25) is 0 Å². The van der Waals surface area contributed by atoms with Gasteiger partial charge in [0.25, 0.3) is 0 Å². The van der Waals surface area contributed by atoms with Crippen LogP contribution in [-0.2, 0) is 12.8 Å². The van der Waals surface area contributed by atoms with Crippen LogP contribution in [0.15, 0.2) is 29.3 Å². The van der Waals surface area contributed by atoms with Gasteiger partial charge in [0, 0.05) is 11.3 Å². The van der Waals surface area contributed by atoms with E-state index in [1.165, 1.54) is 47.7 Å². The van der Waals surface area contributed by atoms with Gasteiger partial charge in [-0.05, 0) is 42.7 Å². The lowest BCUT2D eigenvalue weighted by Gasteiger charge is -2.36. The summed E-state index contributed by atoms with van der Waals surface area (Å²) in [4.78, 5) is 5.03. The molecule has 1 aliphatic heterocycles. The van der Waals surface area contributed by atoms with Crippen LogP contribution >= 0.6 is 11.8 Å². The predicted molar refractivity (Wildman–Crippen MR) is 91.0 cm³/mol. The molecule has 3 aliphatic rings. The summed E-state index contributed by atoms with van der Waals surface area (Å²) in [5, 5.41) is 5.01. The van der Waals surface area contributed by atoms with Gasteiger partial charge in [0.2, 0.25) is 0 Å². The van der Waals surface area contributed by atoms with Gasteiger partial charge < -0.3 is 5.32 Å². The SMILES string of the molecule is CC1CCCC2(CSC(=NC3Cc4ccccc4C3)N2)C1. The van der Waals surface area contributed by atoms with Crippen LogP contribution < -0.4 is 5.32 Å².